The number of hydrogen-bond donors (Lipinski definition) is 1. The summed E-state index contributed by atoms with van der Waals surface area (Å²) in [6, 6.07) is 3.79. The van der Waals surface area contributed by atoms with Crippen LogP contribution in [-0.4, -0.2) is 25.8 Å². The van der Waals surface area contributed by atoms with Crippen molar-refractivity contribution in [3.05, 3.63) is 23.5 Å². The lowest BCUT2D eigenvalue weighted by molar-refractivity contribution is 0.291. The van der Waals surface area contributed by atoms with Crippen molar-refractivity contribution in [3.8, 4) is 11.5 Å². The van der Waals surface area contributed by atoms with Crippen LogP contribution < -0.4 is 14.8 Å². The van der Waals surface area contributed by atoms with Gasteiger partial charge in [0.25, 0.3) is 0 Å². The Kier molecular flexibility index (Phi) is 3.87. The van der Waals surface area contributed by atoms with Crippen LogP contribution in [0.2, 0.25) is 0 Å². The minimum atomic E-state index is -0.322. The summed E-state index contributed by atoms with van der Waals surface area (Å²) in [5.41, 5.74) is 1.05. The average molecular weight is 265 g/mol. The molecule has 0 saturated carbocycles. The van der Waals surface area contributed by atoms with Gasteiger partial charge >= 0.3 is 0 Å². The molecule has 0 bridgehead atoms. The van der Waals surface area contributed by atoms with Crippen molar-refractivity contribution in [2.24, 2.45) is 0 Å². The first-order valence-electron chi connectivity index (χ1n) is 7.15. The lowest BCUT2D eigenvalue weighted by Gasteiger charge is -2.24. The van der Waals surface area contributed by atoms with Crippen LogP contribution >= 0.6 is 0 Å². The Hall–Kier alpha value is -1.29. The van der Waals surface area contributed by atoms with E-state index in [2.05, 4.69) is 5.32 Å². The summed E-state index contributed by atoms with van der Waals surface area (Å²) >= 11 is 0. The fraction of sp³-hybridized carbons (Fsp3) is 0.600. The van der Waals surface area contributed by atoms with Crippen LogP contribution in [0.4, 0.5) is 4.39 Å². The van der Waals surface area contributed by atoms with Crippen LogP contribution in [0.25, 0.3) is 0 Å². The quantitative estimate of drug-likeness (QED) is 0.891. The molecule has 0 amide bonds. The molecule has 1 unspecified atom stereocenters. The van der Waals surface area contributed by atoms with Crippen LogP contribution in [0.3, 0.4) is 0 Å². The van der Waals surface area contributed by atoms with E-state index < -0.39 is 0 Å². The highest BCUT2D eigenvalue weighted by Gasteiger charge is 2.22. The van der Waals surface area contributed by atoms with Crippen molar-refractivity contribution < 1.29 is 13.9 Å². The molecule has 0 spiro atoms. The molecular weight excluding hydrogens is 245 g/mol. The second-order valence-electron chi connectivity index (χ2n) is 5.27. The van der Waals surface area contributed by atoms with E-state index in [0.717, 1.165) is 24.9 Å². The third-order valence-electron chi connectivity index (χ3n) is 3.81. The van der Waals surface area contributed by atoms with Crippen LogP contribution in [0.15, 0.2) is 12.1 Å². The van der Waals surface area contributed by atoms with Crippen molar-refractivity contribution in [3.63, 3.8) is 0 Å². The summed E-state index contributed by atoms with van der Waals surface area (Å²) in [6.07, 6.45) is 5.37. The first kappa shape index (κ1) is 12.7. The lowest BCUT2D eigenvalue weighted by atomic mass is 9.97. The standard InChI is InChI=1S/C15H20FNO2/c16-13-6-5-11(10-12-4-1-2-7-17-12)14-15(13)19-9-3-8-18-14/h5-6,12,17H,1-4,7-10H2. The molecule has 2 aliphatic heterocycles. The zero-order chi connectivity index (χ0) is 13.1. The summed E-state index contributed by atoms with van der Waals surface area (Å²) in [4.78, 5) is 0. The second kappa shape index (κ2) is 5.78. The summed E-state index contributed by atoms with van der Waals surface area (Å²) in [7, 11) is 0. The molecule has 3 nitrogen and oxygen atoms in total. The minimum absolute atomic E-state index is 0.297. The van der Waals surface area contributed by atoms with Gasteiger partial charge in [-0.1, -0.05) is 12.5 Å². The average Bonchev–Trinajstić information content (AvgIpc) is 2.70. The monoisotopic (exact) mass is 265 g/mol. The molecule has 2 heterocycles. The van der Waals surface area contributed by atoms with Gasteiger partial charge in [0.2, 0.25) is 0 Å². The first-order chi connectivity index (χ1) is 9.34. The molecule has 1 aromatic rings. The van der Waals surface area contributed by atoms with E-state index in [1.165, 1.54) is 25.3 Å². The SMILES string of the molecule is Fc1ccc(CC2CCCCN2)c2c1OCCCO2. The maximum absolute atomic E-state index is 13.8. The predicted octanol–water partition coefficient (Wildman–Crippen LogP) is 2.67. The molecule has 0 aromatic heterocycles. The zero-order valence-electron chi connectivity index (χ0n) is 11.1. The third kappa shape index (κ3) is 2.84. The Bertz CT molecular complexity index is 444. The summed E-state index contributed by atoms with van der Waals surface area (Å²) in [5, 5.41) is 3.51. The number of nitrogens with one attached hydrogen (secondary N) is 1. The first-order valence-corrected chi connectivity index (χ1v) is 7.15. The fourth-order valence-corrected chi connectivity index (χ4v) is 2.80. The van der Waals surface area contributed by atoms with Crippen LogP contribution in [0.5, 0.6) is 11.5 Å². The van der Waals surface area contributed by atoms with Gasteiger partial charge in [-0.05, 0) is 37.4 Å². The third-order valence-corrected chi connectivity index (χ3v) is 3.81. The Labute approximate surface area is 113 Å². The van der Waals surface area contributed by atoms with Gasteiger partial charge in [0.15, 0.2) is 17.3 Å². The van der Waals surface area contributed by atoms with Gasteiger partial charge in [0, 0.05) is 12.5 Å². The Balaban J connectivity index is 1.84. The molecule has 104 valence electrons. The van der Waals surface area contributed by atoms with E-state index in [1.54, 1.807) is 0 Å². The smallest absolute Gasteiger partial charge is 0.197 e. The number of ether oxygens (including phenoxy) is 2. The second-order valence-corrected chi connectivity index (χ2v) is 5.27. The number of halogens is 1. The van der Waals surface area contributed by atoms with E-state index >= 15 is 0 Å². The van der Waals surface area contributed by atoms with Gasteiger partial charge in [0.05, 0.1) is 13.2 Å². The normalized spacial score (nSPS) is 22.9. The summed E-state index contributed by atoms with van der Waals surface area (Å²) < 4.78 is 25.0. The topological polar surface area (TPSA) is 30.5 Å². The van der Waals surface area contributed by atoms with Crippen molar-refractivity contribution >= 4 is 0 Å². The number of rotatable bonds is 2. The molecule has 0 aliphatic carbocycles. The highest BCUT2D eigenvalue weighted by molar-refractivity contribution is 5.48. The molecule has 4 heteroatoms. The molecular formula is C15H20FNO2. The molecule has 1 aromatic carbocycles. The highest BCUT2D eigenvalue weighted by Crippen LogP contribution is 2.36. The highest BCUT2D eigenvalue weighted by atomic mass is 19.1. The number of fused-ring (bicyclic) bond motifs is 1. The number of piperidine rings is 1. The van der Waals surface area contributed by atoms with E-state index in [1.807, 2.05) is 6.07 Å². The molecule has 0 radical (unpaired) electrons. The van der Waals surface area contributed by atoms with Gasteiger partial charge < -0.3 is 14.8 Å². The maximum atomic E-state index is 13.8. The molecule has 1 atom stereocenters. The minimum Gasteiger partial charge on any atom is -0.489 e. The molecule has 1 fully saturated rings. The maximum Gasteiger partial charge on any atom is 0.197 e. The predicted molar refractivity (Wildman–Crippen MR) is 71.4 cm³/mol. The number of benzene rings is 1. The van der Waals surface area contributed by atoms with E-state index in [0.29, 0.717) is 30.8 Å². The summed E-state index contributed by atoms with van der Waals surface area (Å²) in [5.74, 6) is 0.591. The van der Waals surface area contributed by atoms with Crippen molar-refractivity contribution in [2.75, 3.05) is 19.8 Å². The molecule has 19 heavy (non-hydrogen) atoms. The largest absolute Gasteiger partial charge is 0.489 e. The van der Waals surface area contributed by atoms with Crippen molar-refractivity contribution in [2.45, 2.75) is 38.1 Å². The van der Waals surface area contributed by atoms with Gasteiger partial charge in [-0.15, -0.1) is 0 Å². The van der Waals surface area contributed by atoms with Gasteiger partial charge in [0.1, 0.15) is 0 Å². The van der Waals surface area contributed by atoms with Gasteiger partial charge in [-0.3, -0.25) is 0 Å². The molecule has 2 aliphatic rings. The Morgan fingerprint density at radius 3 is 2.74 bits per heavy atom. The number of hydrogen-bond acceptors (Lipinski definition) is 3. The molecule has 3 rings (SSSR count). The molecule has 1 saturated heterocycles. The van der Waals surface area contributed by atoms with Gasteiger partial charge in [-0.25, -0.2) is 4.39 Å². The van der Waals surface area contributed by atoms with E-state index in [4.69, 9.17) is 9.47 Å². The van der Waals surface area contributed by atoms with Crippen LogP contribution in [0.1, 0.15) is 31.2 Å². The fourth-order valence-electron chi connectivity index (χ4n) is 2.80. The Morgan fingerprint density at radius 2 is 1.95 bits per heavy atom. The van der Waals surface area contributed by atoms with Crippen LogP contribution in [-0.2, 0) is 6.42 Å². The van der Waals surface area contributed by atoms with Gasteiger partial charge in [-0.2, -0.15) is 0 Å². The van der Waals surface area contributed by atoms with Crippen LogP contribution in [0, 0.1) is 5.82 Å². The van der Waals surface area contributed by atoms with Crippen molar-refractivity contribution in [1.82, 2.24) is 5.32 Å². The Morgan fingerprint density at radius 1 is 1.11 bits per heavy atom. The summed E-state index contributed by atoms with van der Waals surface area (Å²) in [6.45, 7) is 2.20. The lowest BCUT2D eigenvalue weighted by Crippen LogP contribution is -2.35. The zero-order valence-corrected chi connectivity index (χ0v) is 11.1. The van der Waals surface area contributed by atoms with Crippen molar-refractivity contribution in [1.29, 1.82) is 0 Å². The van der Waals surface area contributed by atoms with E-state index in [-0.39, 0.29) is 5.82 Å². The molecule has 1 N–H and O–H groups in total. The van der Waals surface area contributed by atoms with E-state index in [9.17, 15) is 4.39 Å².